The van der Waals surface area contributed by atoms with Crippen LogP contribution in [0.5, 0.6) is 0 Å². The Labute approximate surface area is 174 Å². The molecule has 2 aliphatic rings. The molecule has 2 saturated heterocycles. The molecular formula is C21H27NO8. The van der Waals surface area contributed by atoms with Gasteiger partial charge in [-0.2, -0.15) is 0 Å². The van der Waals surface area contributed by atoms with Gasteiger partial charge in [-0.25, -0.2) is 14.4 Å². The van der Waals surface area contributed by atoms with Gasteiger partial charge in [0.15, 0.2) is 0 Å². The van der Waals surface area contributed by atoms with Crippen molar-refractivity contribution in [3.8, 4) is 0 Å². The number of cyclic esters (lactones) is 2. The van der Waals surface area contributed by atoms with Crippen LogP contribution in [-0.4, -0.2) is 63.9 Å². The molecule has 9 heteroatoms. The molecular weight excluding hydrogens is 394 g/mol. The normalized spacial score (nSPS) is 28.0. The fourth-order valence-corrected chi connectivity index (χ4v) is 3.85. The van der Waals surface area contributed by atoms with Crippen LogP contribution in [-0.2, 0) is 30.2 Å². The highest BCUT2D eigenvalue weighted by Crippen LogP contribution is 2.42. The van der Waals surface area contributed by atoms with Gasteiger partial charge in [-0.15, -0.1) is 0 Å². The summed E-state index contributed by atoms with van der Waals surface area (Å²) in [5.74, 6) is -1.40. The first-order valence-electron chi connectivity index (χ1n) is 9.69. The largest absolute Gasteiger partial charge is 0.509 e. The van der Waals surface area contributed by atoms with Gasteiger partial charge in [0.25, 0.3) is 5.60 Å². The van der Waals surface area contributed by atoms with E-state index in [-0.39, 0.29) is 6.42 Å². The van der Waals surface area contributed by atoms with Gasteiger partial charge in [-0.1, -0.05) is 30.3 Å². The van der Waals surface area contributed by atoms with Gasteiger partial charge in [0.1, 0.15) is 24.0 Å². The standard InChI is InChI=1S/C21H27NO8/c1-19(2,3)29-17(25)22-14(11-13-9-7-6-8-10-13)15(28-20(22,4)5)21(16(23)24)12-27-18(26)30-21/h6-10,14-15H,11-12H2,1-5H3,(H,23,24)/t14?,15?,21-/m0/s1. The third-order valence-electron chi connectivity index (χ3n) is 5.05. The number of carboxylic acids is 1. The number of nitrogens with zero attached hydrogens (tertiary/aromatic N) is 1. The van der Waals surface area contributed by atoms with E-state index in [2.05, 4.69) is 0 Å². The summed E-state index contributed by atoms with van der Waals surface area (Å²) in [6.07, 6.45) is -2.65. The average Bonchev–Trinajstić information content (AvgIpc) is 3.13. The summed E-state index contributed by atoms with van der Waals surface area (Å²) in [4.78, 5) is 38.4. The summed E-state index contributed by atoms with van der Waals surface area (Å²) in [5.41, 5.74) is -3.21. The number of carboxylic acid groups (broad SMARTS) is 1. The first-order valence-corrected chi connectivity index (χ1v) is 9.69. The molecule has 1 amide bonds. The van der Waals surface area contributed by atoms with Crippen molar-refractivity contribution in [1.82, 2.24) is 4.90 Å². The molecule has 0 saturated carbocycles. The molecule has 2 heterocycles. The van der Waals surface area contributed by atoms with Crippen LogP contribution in [0.1, 0.15) is 40.2 Å². The second kappa shape index (κ2) is 7.46. The highest BCUT2D eigenvalue weighted by molar-refractivity contribution is 5.84. The van der Waals surface area contributed by atoms with E-state index in [1.807, 2.05) is 30.3 Å². The van der Waals surface area contributed by atoms with Gasteiger partial charge in [0.2, 0.25) is 0 Å². The number of ether oxygens (including phenoxy) is 4. The number of carbonyl (C=O) groups is 3. The molecule has 164 valence electrons. The van der Waals surface area contributed by atoms with Gasteiger partial charge in [-0.3, -0.25) is 4.90 Å². The van der Waals surface area contributed by atoms with Gasteiger partial charge >= 0.3 is 18.2 Å². The van der Waals surface area contributed by atoms with Crippen molar-refractivity contribution in [2.24, 2.45) is 0 Å². The number of aliphatic carboxylic acids is 1. The lowest BCUT2D eigenvalue weighted by Crippen LogP contribution is -2.58. The van der Waals surface area contributed by atoms with Gasteiger partial charge in [0.05, 0.1) is 6.04 Å². The second-order valence-corrected chi connectivity index (χ2v) is 8.93. The predicted octanol–water partition coefficient (Wildman–Crippen LogP) is 2.96. The Morgan fingerprint density at radius 2 is 1.87 bits per heavy atom. The van der Waals surface area contributed by atoms with Crippen molar-refractivity contribution in [2.45, 2.75) is 70.1 Å². The fraction of sp³-hybridized carbons (Fsp3) is 0.571. The van der Waals surface area contributed by atoms with Crippen LogP contribution in [0, 0.1) is 0 Å². The molecule has 1 aromatic rings. The summed E-state index contributed by atoms with van der Waals surface area (Å²) in [6.45, 7) is 7.98. The maximum absolute atomic E-state index is 13.1. The Hall–Kier alpha value is -2.81. The molecule has 2 aliphatic heterocycles. The van der Waals surface area contributed by atoms with E-state index in [9.17, 15) is 19.5 Å². The van der Waals surface area contributed by atoms with Crippen LogP contribution < -0.4 is 0 Å². The smallest absolute Gasteiger partial charge is 0.478 e. The van der Waals surface area contributed by atoms with E-state index in [4.69, 9.17) is 18.9 Å². The number of rotatable bonds is 4. The Kier molecular flexibility index (Phi) is 5.44. The summed E-state index contributed by atoms with van der Waals surface area (Å²) in [6, 6.07) is 8.47. The van der Waals surface area contributed by atoms with Crippen molar-refractivity contribution in [2.75, 3.05) is 6.61 Å². The topological polar surface area (TPSA) is 112 Å². The van der Waals surface area contributed by atoms with Crippen LogP contribution in [0.2, 0.25) is 0 Å². The Balaban J connectivity index is 2.05. The lowest BCUT2D eigenvalue weighted by molar-refractivity contribution is -0.176. The Morgan fingerprint density at radius 3 is 2.37 bits per heavy atom. The third-order valence-corrected chi connectivity index (χ3v) is 5.05. The molecule has 0 radical (unpaired) electrons. The lowest BCUT2D eigenvalue weighted by atomic mass is 9.88. The molecule has 1 aromatic carbocycles. The first-order chi connectivity index (χ1) is 13.9. The minimum atomic E-state index is -2.08. The summed E-state index contributed by atoms with van der Waals surface area (Å²) < 4.78 is 21.6. The molecule has 0 spiro atoms. The van der Waals surface area contributed by atoms with Gasteiger partial charge in [-0.05, 0) is 46.6 Å². The lowest BCUT2D eigenvalue weighted by Gasteiger charge is -2.35. The van der Waals surface area contributed by atoms with E-state index in [1.54, 1.807) is 34.6 Å². The minimum Gasteiger partial charge on any atom is -0.478 e. The third kappa shape index (κ3) is 4.07. The molecule has 3 rings (SSSR count). The van der Waals surface area contributed by atoms with Crippen molar-refractivity contribution >= 4 is 18.2 Å². The number of amides is 1. The number of carbonyl (C=O) groups excluding carboxylic acids is 2. The van der Waals surface area contributed by atoms with Crippen molar-refractivity contribution in [1.29, 1.82) is 0 Å². The van der Waals surface area contributed by atoms with Gasteiger partial charge < -0.3 is 24.1 Å². The number of hydrogen-bond acceptors (Lipinski definition) is 7. The monoisotopic (exact) mass is 421 g/mol. The summed E-state index contributed by atoms with van der Waals surface area (Å²) >= 11 is 0. The zero-order valence-electron chi connectivity index (χ0n) is 17.7. The predicted molar refractivity (Wildman–Crippen MR) is 104 cm³/mol. The number of hydrogen-bond donors (Lipinski definition) is 1. The van der Waals surface area contributed by atoms with E-state index in [1.165, 1.54) is 4.90 Å². The van der Waals surface area contributed by atoms with Crippen LogP contribution in [0.4, 0.5) is 9.59 Å². The highest BCUT2D eigenvalue weighted by atomic mass is 16.8. The SMILES string of the molecule is CC(C)(C)OC(=O)N1C(Cc2ccccc2)C([C@]2(C(=O)O)COC(=O)O2)OC1(C)C. The van der Waals surface area contributed by atoms with Crippen molar-refractivity contribution in [3.63, 3.8) is 0 Å². The Morgan fingerprint density at radius 1 is 1.23 bits per heavy atom. The molecule has 30 heavy (non-hydrogen) atoms. The fourth-order valence-electron chi connectivity index (χ4n) is 3.85. The van der Waals surface area contributed by atoms with Crippen LogP contribution in [0.15, 0.2) is 30.3 Å². The van der Waals surface area contributed by atoms with Crippen LogP contribution >= 0.6 is 0 Å². The highest BCUT2D eigenvalue weighted by Gasteiger charge is 2.66. The molecule has 0 aliphatic carbocycles. The molecule has 0 bridgehead atoms. The zero-order chi connectivity index (χ0) is 22.3. The second-order valence-electron chi connectivity index (χ2n) is 8.93. The molecule has 1 N–H and O–H groups in total. The molecule has 9 nitrogen and oxygen atoms in total. The molecule has 0 aromatic heterocycles. The van der Waals surface area contributed by atoms with Crippen LogP contribution in [0.25, 0.3) is 0 Å². The molecule has 2 unspecified atom stereocenters. The molecule has 3 atom stereocenters. The molecule has 2 fully saturated rings. The average molecular weight is 421 g/mol. The van der Waals surface area contributed by atoms with Crippen LogP contribution in [0.3, 0.4) is 0 Å². The zero-order valence-corrected chi connectivity index (χ0v) is 17.7. The van der Waals surface area contributed by atoms with E-state index >= 15 is 0 Å². The quantitative estimate of drug-likeness (QED) is 0.739. The van der Waals surface area contributed by atoms with E-state index in [0.29, 0.717) is 0 Å². The number of benzene rings is 1. The first kappa shape index (κ1) is 21.9. The minimum absolute atomic E-state index is 0.265. The van der Waals surface area contributed by atoms with E-state index in [0.717, 1.165) is 5.56 Å². The maximum Gasteiger partial charge on any atom is 0.509 e. The van der Waals surface area contributed by atoms with E-state index < -0.39 is 53.9 Å². The summed E-state index contributed by atoms with van der Waals surface area (Å²) in [5, 5.41) is 9.94. The van der Waals surface area contributed by atoms with Crippen molar-refractivity contribution in [3.05, 3.63) is 35.9 Å². The van der Waals surface area contributed by atoms with Gasteiger partial charge in [0, 0.05) is 0 Å². The Bertz CT molecular complexity index is 831. The summed E-state index contributed by atoms with van der Waals surface area (Å²) in [7, 11) is 0. The van der Waals surface area contributed by atoms with Crippen molar-refractivity contribution < 1.29 is 38.4 Å². The maximum atomic E-state index is 13.1.